The van der Waals surface area contributed by atoms with E-state index in [1.54, 1.807) is 0 Å². The van der Waals surface area contributed by atoms with Gasteiger partial charge in [-0.05, 0) is 45.2 Å². The maximum absolute atomic E-state index is 12.2. The molecule has 0 aromatic heterocycles. The van der Waals surface area contributed by atoms with E-state index in [1.165, 1.54) is 0 Å². The van der Waals surface area contributed by atoms with Gasteiger partial charge in [0.25, 0.3) is 0 Å². The van der Waals surface area contributed by atoms with Crippen LogP contribution in [0.25, 0.3) is 0 Å². The van der Waals surface area contributed by atoms with Crippen LogP contribution in [0.4, 0.5) is 0 Å². The molecule has 0 aliphatic carbocycles. The van der Waals surface area contributed by atoms with Crippen LogP contribution >= 0.6 is 0 Å². The number of likely N-dealkylation sites (tertiary alicyclic amines) is 1. The molecule has 1 aromatic rings. The topological polar surface area (TPSA) is 75.2 Å². The van der Waals surface area contributed by atoms with E-state index < -0.39 is 0 Å². The lowest BCUT2D eigenvalue weighted by atomic mass is 10.1. The smallest absolute Gasteiger partial charge is 0.224 e. The first kappa shape index (κ1) is 23.0. The lowest BCUT2D eigenvalue weighted by molar-refractivity contribution is -0.129. The number of guanidine groups is 1. The molecule has 0 spiro atoms. The zero-order chi connectivity index (χ0) is 20.9. The van der Waals surface area contributed by atoms with Crippen molar-refractivity contribution in [3.63, 3.8) is 0 Å². The van der Waals surface area contributed by atoms with Crippen LogP contribution in [0.15, 0.2) is 23.2 Å². The molecule has 1 aromatic carbocycles. The third kappa shape index (κ3) is 8.31. The van der Waals surface area contributed by atoms with Crippen molar-refractivity contribution in [1.82, 2.24) is 15.5 Å². The Morgan fingerprint density at radius 2 is 1.97 bits per heavy atom. The fourth-order valence-electron chi connectivity index (χ4n) is 3.20. The van der Waals surface area contributed by atoms with E-state index in [-0.39, 0.29) is 5.91 Å². The number of rotatable bonds is 11. The Labute approximate surface area is 174 Å². The summed E-state index contributed by atoms with van der Waals surface area (Å²) in [5, 5.41) is 6.51. The molecule has 1 aliphatic rings. The van der Waals surface area contributed by atoms with Gasteiger partial charge in [-0.1, -0.05) is 12.1 Å². The van der Waals surface area contributed by atoms with Gasteiger partial charge in [-0.15, -0.1) is 0 Å². The molecule has 2 N–H and O–H groups in total. The SMILES string of the molecule is CCNC(=NCc1ccc(C)cc1OCCOCC)NCCC(=O)N1CCCC1. The highest BCUT2D eigenvalue weighted by molar-refractivity contribution is 5.81. The molecular weight excluding hydrogens is 368 g/mol. The number of aliphatic imine (C=N–C) groups is 1. The molecule has 7 nitrogen and oxygen atoms in total. The Kier molecular flexibility index (Phi) is 10.3. The summed E-state index contributed by atoms with van der Waals surface area (Å²) >= 11 is 0. The van der Waals surface area contributed by atoms with E-state index in [0.29, 0.717) is 45.3 Å². The van der Waals surface area contributed by atoms with Crippen LogP contribution in [-0.2, 0) is 16.1 Å². The third-order valence-corrected chi connectivity index (χ3v) is 4.75. The van der Waals surface area contributed by atoms with E-state index in [0.717, 1.165) is 49.4 Å². The third-order valence-electron chi connectivity index (χ3n) is 4.75. The number of hydrogen-bond acceptors (Lipinski definition) is 4. The second kappa shape index (κ2) is 13.0. The van der Waals surface area contributed by atoms with E-state index in [9.17, 15) is 4.79 Å². The van der Waals surface area contributed by atoms with Crippen LogP contribution in [0.2, 0.25) is 0 Å². The molecule has 1 amide bonds. The maximum Gasteiger partial charge on any atom is 0.224 e. The predicted molar refractivity (Wildman–Crippen MR) is 116 cm³/mol. The molecule has 29 heavy (non-hydrogen) atoms. The van der Waals surface area contributed by atoms with Gasteiger partial charge in [0.2, 0.25) is 5.91 Å². The second-order valence-electron chi connectivity index (χ2n) is 7.12. The van der Waals surface area contributed by atoms with Crippen molar-refractivity contribution >= 4 is 11.9 Å². The molecular formula is C22H36N4O3. The molecule has 7 heteroatoms. The van der Waals surface area contributed by atoms with Gasteiger partial charge in [-0.25, -0.2) is 4.99 Å². The van der Waals surface area contributed by atoms with Crippen molar-refractivity contribution in [2.75, 3.05) is 46.0 Å². The summed E-state index contributed by atoms with van der Waals surface area (Å²) in [4.78, 5) is 18.8. The van der Waals surface area contributed by atoms with E-state index in [2.05, 4.69) is 27.8 Å². The highest BCUT2D eigenvalue weighted by Crippen LogP contribution is 2.21. The summed E-state index contributed by atoms with van der Waals surface area (Å²) in [6.07, 6.45) is 2.73. The van der Waals surface area contributed by atoms with Gasteiger partial charge in [0, 0.05) is 44.8 Å². The van der Waals surface area contributed by atoms with Gasteiger partial charge >= 0.3 is 0 Å². The number of aryl methyl sites for hydroxylation is 1. The Morgan fingerprint density at radius 3 is 2.69 bits per heavy atom. The molecule has 0 unspecified atom stereocenters. The van der Waals surface area contributed by atoms with Crippen molar-refractivity contribution in [3.8, 4) is 5.75 Å². The van der Waals surface area contributed by atoms with Crippen LogP contribution in [0.5, 0.6) is 5.75 Å². The van der Waals surface area contributed by atoms with Crippen LogP contribution in [0, 0.1) is 6.92 Å². The van der Waals surface area contributed by atoms with Crippen LogP contribution in [-0.4, -0.2) is 62.8 Å². The molecule has 0 atom stereocenters. The lowest BCUT2D eigenvalue weighted by Crippen LogP contribution is -2.39. The molecule has 1 fully saturated rings. The van der Waals surface area contributed by atoms with Gasteiger partial charge in [0.05, 0.1) is 13.2 Å². The van der Waals surface area contributed by atoms with E-state index in [4.69, 9.17) is 9.47 Å². The number of hydrogen-bond donors (Lipinski definition) is 2. The molecule has 0 radical (unpaired) electrons. The zero-order valence-corrected chi connectivity index (χ0v) is 18.1. The number of benzene rings is 1. The standard InChI is InChI=1S/C22H36N4O3/c1-4-23-22(24-11-10-21(27)26-12-6-7-13-26)25-17-19-9-8-18(3)16-20(19)29-15-14-28-5-2/h8-9,16H,4-7,10-15,17H2,1-3H3,(H2,23,24,25). The van der Waals surface area contributed by atoms with E-state index >= 15 is 0 Å². The Morgan fingerprint density at radius 1 is 1.17 bits per heavy atom. The Hall–Kier alpha value is -2.28. The largest absolute Gasteiger partial charge is 0.491 e. The van der Waals surface area contributed by atoms with Crippen molar-refractivity contribution in [1.29, 1.82) is 0 Å². The molecule has 162 valence electrons. The Balaban J connectivity index is 1.90. The summed E-state index contributed by atoms with van der Waals surface area (Å²) in [5.41, 5.74) is 2.17. The van der Waals surface area contributed by atoms with Gasteiger partial charge in [0.1, 0.15) is 12.4 Å². The van der Waals surface area contributed by atoms with Gasteiger partial charge in [-0.3, -0.25) is 4.79 Å². The molecule has 1 heterocycles. The number of nitrogens with zero attached hydrogens (tertiary/aromatic N) is 2. The minimum atomic E-state index is 0.217. The average molecular weight is 405 g/mol. The van der Waals surface area contributed by atoms with Gasteiger partial charge in [-0.2, -0.15) is 0 Å². The summed E-state index contributed by atoms with van der Waals surface area (Å²) in [7, 11) is 0. The van der Waals surface area contributed by atoms with Gasteiger partial charge in [0.15, 0.2) is 5.96 Å². The fourth-order valence-corrected chi connectivity index (χ4v) is 3.20. The minimum Gasteiger partial charge on any atom is -0.491 e. The predicted octanol–water partition coefficient (Wildman–Crippen LogP) is 2.48. The number of amides is 1. The quantitative estimate of drug-likeness (QED) is 0.337. The molecule has 1 saturated heterocycles. The first-order valence-corrected chi connectivity index (χ1v) is 10.7. The highest BCUT2D eigenvalue weighted by atomic mass is 16.5. The van der Waals surface area contributed by atoms with Crippen molar-refractivity contribution in [3.05, 3.63) is 29.3 Å². The summed E-state index contributed by atoms with van der Waals surface area (Å²) < 4.78 is 11.2. The highest BCUT2D eigenvalue weighted by Gasteiger charge is 2.17. The van der Waals surface area contributed by atoms with Crippen molar-refractivity contribution in [2.45, 2.75) is 46.6 Å². The molecule has 0 saturated carbocycles. The maximum atomic E-state index is 12.2. The summed E-state index contributed by atoms with van der Waals surface area (Å²) in [6, 6.07) is 6.15. The first-order valence-electron chi connectivity index (χ1n) is 10.7. The van der Waals surface area contributed by atoms with Gasteiger partial charge < -0.3 is 25.0 Å². The van der Waals surface area contributed by atoms with Crippen LogP contribution in [0.1, 0.15) is 44.2 Å². The van der Waals surface area contributed by atoms with E-state index in [1.807, 2.05) is 31.7 Å². The molecule has 1 aliphatic heterocycles. The van der Waals surface area contributed by atoms with Crippen molar-refractivity contribution in [2.24, 2.45) is 4.99 Å². The molecule has 2 rings (SSSR count). The fraction of sp³-hybridized carbons (Fsp3) is 0.636. The minimum absolute atomic E-state index is 0.217. The average Bonchev–Trinajstić information content (AvgIpc) is 3.25. The second-order valence-corrected chi connectivity index (χ2v) is 7.12. The normalized spacial score (nSPS) is 14.2. The number of carbonyl (C=O) groups is 1. The monoisotopic (exact) mass is 404 g/mol. The van der Waals surface area contributed by atoms with Crippen LogP contribution in [0.3, 0.4) is 0 Å². The van der Waals surface area contributed by atoms with Crippen LogP contribution < -0.4 is 15.4 Å². The zero-order valence-electron chi connectivity index (χ0n) is 18.1. The number of carbonyl (C=O) groups excluding carboxylic acids is 1. The summed E-state index contributed by atoms with van der Waals surface area (Å²) in [5.74, 6) is 1.77. The number of ether oxygens (including phenoxy) is 2. The number of nitrogens with one attached hydrogen (secondary N) is 2. The Bertz CT molecular complexity index is 657. The lowest BCUT2D eigenvalue weighted by Gasteiger charge is -2.16. The van der Waals surface area contributed by atoms with Crippen molar-refractivity contribution < 1.29 is 14.3 Å². The first-order chi connectivity index (χ1) is 14.1. The summed E-state index contributed by atoms with van der Waals surface area (Å²) in [6.45, 7) is 11.5. The molecule has 0 bridgehead atoms.